The molecule has 0 N–H and O–H groups in total. The van der Waals surface area contributed by atoms with Gasteiger partial charge in [0.25, 0.3) is 5.91 Å². The van der Waals surface area contributed by atoms with Crippen LogP contribution in [0.4, 0.5) is 0 Å². The van der Waals surface area contributed by atoms with Crippen LogP contribution >= 0.6 is 0 Å². The summed E-state index contributed by atoms with van der Waals surface area (Å²) in [7, 11) is 0. The first kappa shape index (κ1) is 19.2. The van der Waals surface area contributed by atoms with E-state index in [1.807, 2.05) is 47.7 Å². The highest BCUT2D eigenvalue weighted by Gasteiger charge is 2.22. The van der Waals surface area contributed by atoms with Crippen LogP contribution in [-0.2, 0) is 6.54 Å². The van der Waals surface area contributed by atoms with Crippen LogP contribution in [0.2, 0.25) is 0 Å². The van der Waals surface area contributed by atoms with E-state index in [1.54, 1.807) is 18.9 Å². The predicted octanol–water partition coefficient (Wildman–Crippen LogP) is 1.81. The summed E-state index contributed by atoms with van der Waals surface area (Å²) in [6.45, 7) is 9.01. The zero-order valence-electron chi connectivity index (χ0n) is 16.8. The van der Waals surface area contributed by atoms with E-state index in [4.69, 9.17) is 0 Å². The minimum Gasteiger partial charge on any atom is -0.336 e. The smallest absolute Gasteiger partial charge is 0.253 e. The number of hydrogen-bond donors (Lipinski definition) is 0. The van der Waals surface area contributed by atoms with E-state index >= 15 is 0 Å². The lowest BCUT2D eigenvalue weighted by Gasteiger charge is -2.34. The summed E-state index contributed by atoms with van der Waals surface area (Å²) in [5, 5.41) is 12.4. The lowest BCUT2D eigenvalue weighted by molar-refractivity contribution is 0.0632. The Morgan fingerprint density at radius 1 is 1.03 bits per heavy atom. The Balaban J connectivity index is 1.34. The molecule has 0 aliphatic carbocycles. The van der Waals surface area contributed by atoms with Gasteiger partial charge in [0.1, 0.15) is 12.7 Å². The van der Waals surface area contributed by atoms with Gasteiger partial charge in [0, 0.05) is 43.9 Å². The van der Waals surface area contributed by atoms with E-state index < -0.39 is 0 Å². The van der Waals surface area contributed by atoms with Crippen LogP contribution in [0.5, 0.6) is 0 Å². The molecule has 3 heterocycles. The Bertz CT molecular complexity index is 961. The third-order valence-corrected chi connectivity index (χ3v) is 5.53. The summed E-state index contributed by atoms with van der Waals surface area (Å²) in [5.41, 5.74) is 4.78. The van der Waals surface area contributed by atoms with Crippen molar-refractivity contribution in [1.82, 2.24) is 34.8 Å². The molecule has 2 aromatic heterocycles. The molecule has 1 fully saturated rings. The Morgan fingerprint density at radius 3 is 2.48 bits per heavy atom. The van der Waals surface area contributed by atoms with Gasteiger partial charge in [-0.1, -0.05) is 12.1 Å². The first-order valence-electron chi connectivity index (χ1n) is 9.85. The maximum atomic E-state index is 12.9. The van der Waals surface area contributed by atoms with Crippen molar-refractivity contribution >= 4 is 5.91 Å². The minimum atomic E-state index is 0.0829. The zero-order valence-corrected chi connectivity index (χ0v) is 16.8. The summed E-state index contributed by atoms with van der Waals surface area (Å²) in [4.78, 5) is 21.1. The lowest BCUT2D eigenvalue weighted by atomic mass is 10.0. The topological polar surface area (TPSA) is 80.0 Å². The molecule has 8 heteroatoms. The molecular weight excluding hydrogens is 366 g/mol. The summed E-state index contributed by atoms with van der Waals surface area (Å²) in [6.07, 6.45) is 5.05. The standard InChI is InChI=1S/C21H25N7O/c1-16-13-23-25-20(17(16)2)18-3-5-19(6-4-18)21(29)27-10-7-26(8-11-27)9-12-28-15-22-14-24-28/h3-6,13-15H,7-12H2,1-2H3. The fraction of sp³-hybridized carbons (Fsp3) is 0.381. The van der Waals surface area contributed by atoms with E-state index in [1.165, 1.54) is 0 Å². The molecule has 0 atom stereocenters. The molecule has 3 aromatic rings. The molecular formula is C21H25N7O. The second-order valence-corrected chi connectivity index (χ2v) is 7.37. The summed E-state index contributed by atoms with van der Waals surface area (Å²) < 4.78 is 1.83. The summed E-state index contributed by atoms with van der Waals surface area (Å²) in [5.74, 6) is 0.0829. The van der Waals surface area contributed by atoms with Crippen molar-refractivity contribution in [1.29, 1.82) is 0 Å². The third kappa shape index (κ3) is 4.32. The number of benzene rings is 1. The van der Waals surface area contributed by atoms with Crippen molar-refractivity contribution in [2.24, 2.45) is 0 Å². The highest BCUT2D eigenvalue weighted by Crippen LogP contribution is 2.23. The van der Waals surface area contributed by atoms with Crippen molar-refractivity contribution in [3.63, 3.8) is 0 Å². The number of rotatable bonds is 5. The molecule has 0 unspecified atom stereocenters. The van der Waals surface area contributed by atoms with E-state index in [9.17, 15) is 4.79 Å². The molecule has 150 valence electrons. The first-order chi connectivity index (χ1) is 14.1. The minimum absolute atomic E-state index is 0.0829. The van der Waals surface area contributed by atoms with Crippen LogP contribution < -0.4 is 0 Å². The normalized spacial score (nSPS) is 14.9. The number of piperazine rings is 1. The van der Waals surface area contributed by atoms with Gasteiger partial charge in [-0.2, -0.15) is 15.3 Å². The Kier molecular flexibility index (Phi) is 5.62. The van der Waals surface area contributed by atoms with Crippen molar-refractivity contribution in [3.05, 3.63) is 59.8 Å². The number of carbonyl (C=O) groups excluding carboxylic acids is 1. The maximum Gasteiger partial charge on any atom is 0.253 e. The second kappa shape index (κ2) is 8.48. The summed E-state index contributed by atoms with van der Waals surface area (Å²) >= 11 is 0. The molecule has 1 saturated heterocycles. The number of aromatic nitrogens is 5. The van der Waals surface area contributed by atoms with Gasteiger partial charge in [-0.3, -0.25) is 14.4 Å². The summed E-state index contributed by atoms with van der Waals surface area (Å²) in [6, 6.07) is 7.69. The molecule has 0 bridgehead atoms. The quantitative estimate of drug-likeness (QED) is 0.660. The van der Waals surface area contributed by atoms with Gasteiger partial charge >= 0.3 is 0 Å². The van der Waals surface area contributed by atoms with Crippen molar-refractivity contribution in [2.75, 3.05) is 32.7 Å². The van der Waals surface area contributed by atoms with Gasteiger partial charge in [-0.15, -0.1) is 0 Å². The van der Waals surface area contributed by atoms with Crippen molar-refractivity contribution in [3.8, 4) is 11.3 Å². The fourth-order valence-corrected chi connectivity index (χ4v) is 3.53. The zero-order chi connectivity index (χ0) is 20.2. The molecule has 4 rings (SSSR count). The number of aryl methyl sites for hydroxylation is 1. The van der Waals surface area contributed by atoms with Crippen molar-refractivity contribution in [2.45, 2.75) is 20.4 Å². The average Bonchev–Trinajstić information content (AvgIpc) is 3.28. The Morgan fingerprint density at radius 2 is 1.79 bits per heavy atom. The van der Waals surface area contributed by atoms with Crippen LogP contribution in [0.3, 0.4) is 0 Å². The molecule has 1 amide bonds. The molecule has 0 saturated carbocycles. The van der Waals surface area contributed by atoms with E-state index in [-0.39, 0.29) is 5.91 Å². The van der Waals surface area contributed by atoms with Crippen molar-refractivity contribution < 1.29 is 4.79 Å². The predicted molar refractivity (Wildman–Crippen MR) is 109 cm³/mol. The highest BCUT2D eigenvalue weighted by atomic mass is 16.2. The fourth-order valence-electron chi connectivity index (χ4n) is 3.53. The largest absolute Gasteiger partial charge is 0.336 e. The maximum absolute atomic E-state index is 12.9. The van der Waals surface area contributed by atoms with Crippen LogP contribution in [0.25, 0.3) is 11.3 Å². The van der Waals surface area contributed by atoms with Gasteiger partial charge in [0.05, 0.1) is 18.4 Å². The second-order valence-electron chi connectivity index (χ2n) is 7.37. The van der Waals surface area contributed by atoms with Gasteiger partial charge in [0.15, 0.2) is 0 Å². The van der Waals surface area contributed by atoms with Gasteiger partial charge in [-0.05, 0) is 37.1 Å². The van der Waals surface area contributed by atoms with Crippen LogP contribution in [-0.4, -0.2) is 73.4 Å². The van der Waals surface area contributed by atoms with Gasteiger partial charge in [0.2, 0.25) is 0 Å². The highest BCUT2D eigenvalue weighted by molar-refractivity contribution is 5.94. The number of nitrogens with zero attached hydrogens (tertiary/aromatic N) is 7. The van der Waals surface area contributed by atoms with E-state index in [0.29, 0.717) is 5.56 Å². The molecule has 1 aliphatic heterocycles. The molecule has 1 aromatic carbocycles. The molecule has 1 aliphatic rings. The van der Waals surface area contributed by atoms with Crippen LogP contribution in [0, 0.1) is 13.8 Å². The lowest BCUT2D eigenvalue weighted by Crippen LogP contribution is -2.49. The molecule has 29 heavy (non-hydrogen) atoms. The number of amides is 1. The van der Waals surface area contributed by atoms with E-state index in [2.05, 4.69) is 25.2 Å². The van der Waals surface area contributed by atoms with Crippen LogP contribution in [0.1, 0.15) is 21.5 Å². The van der Waals surface area contributed by atoms with E-state index in [0.717, 1.165) is 61.7 Å². The number of hydrogen-bond acceptors (Lipinski definition) is 6. The van der Waals surface area contributed by atoms with Gasteiger partial charge < -0.3 is 4.90 Å². The molecule has 8 nitrogen and oxygen atoms in total. The van der Waals surface area contributed by atoms with Crippen LogP contribution in [0.15, 0.2) is 43.1 Å². The van der Waals surface area contributed by atoms with Gasteiger partial charge in [-0.25, -0.2) is 4.98 Å². The Hall–Kier alpha value is -3.13. The SMILES string of the molecule is Cc1cnnc(-c2ccc(C(=O)N3CCN(CCn4cncn4)CC3)cc2)c1C. The molecule has 0 spiro atoms. The Labute approximate surface area is 170 Å². The third-order valence-electron chi connectivity index (χ3n) is 5.53. The number of carbonyl (C=O) groups is 1. The first-order valence-corrected chi connectivity index (χ1v) is 9.85. The molecule has 0 radical (unpaired) electrons. The monoisotopic (exact) mass is 391 g/mol. The average molecular weight is 391 g/mol.